The van der Waals surface area contributed by atoms with Gasteiger partial charge in [0.05, 0.1) is 11.6 Å². The molecule has 10 heteroatoms. The molecule has 1 saturated carbocycles. The van der Waals surface area contributed by atoms with Crippen LogP contribution >= 0.6 is 0 Å². The summed E-state index contributed by atoms with van der Waals surface area (Å²) in [5, 5.41) is 10.2. The molecule has 0 spiro atoms. The number of imidazole rings is 1. The van der Waals surface area contributed by atoms with Crippen LogP contribution in [0.2, 0.25) is 0 Å². The second-order valence-electron chi connectivity index (χ2n) is 9.83. The van der Waals surface area contributed by atoms with Crippen LogP contribution in [0.25, 0.3) is 17.0 Å². The number of hydrogen-bond donors (Lipinski definition) is 1. The topological polar surface area (TPSA) is 116 Å². The maximum absolute atomic E-state index is 12.6. The summed E-state index contributed by atoms with van der Waals surface area (Å²) in [6, 6.07) is 2.15. The predicted molar refractivity (Wildman–Crippen MR) is 122 cm³/mol. The summed E-state index contributed by atoms with van der Waals surface area (Å²) >= 11 is 0. The van der Waals surface area contributed by atoms with Gasteiger partial charge in [-0.3, -0.25) is 4.57 Å². The number of amides is 1. The van der Waals surface area contributed by atoms with E-state index in [2.05, 4.69) is 39.0 Å². The number of fused-ring (bicyclic) bond motifs is 1. The second-order valence-corrected chi connectivity index (χ2v) is 9.83. The van der Waals surface area contributed by atoms with Gasteiger partial charge in [-0.25, -0.2) is 19.7 Å². The molecule has 0 aromatic carbocycles. The van der Waals surface area contributed by atoms with Crippen LogP contribution in [0, 0.1) is 11.3 Å². The number of carbonyl (C=O) groups is 1. The highest BCUT2D eigenvalue weighted by molar-refractivity contribution is 5.93. The van der Waals surface area contributed by atoms with Gasteiger partial charge in [0, 0.05) is 31.9 Å². The van der Waals surface area contributed by atoms with E-state index in [1.165, 1.54) is 11.8 Å². The first-order valence-electron chi connectivity index (χ1n) is 11.3. The van der Waals surface area contributed by atoms with Crippen LogP contribution in [0.15, 0.2) is 18.7 Å². The van der Waals surface area contributed by atoms with Crippen molar-refractivity contribution in [3.8, 4) is 12.0 Å². The third kappa shape index (κ3) is 3.99. The van der Waals surface area contributed by atoms with Gasteiger partial charge in [0.1, 0.15) is 29.5 Å². The molecule has 1 amide bonds. The summed E-state index contributed by atoms with van der Waals surface area (Å²) in [7, 11) is 0. The number of carbonyl (C=O) groups excluding carboxylic acids is 1. The SMILES string of the molecule is C[C@H]1CN(C(=O)OC(C)(C)C)CCN1c1ncnc2c1c(C1CC1)cn2-c1ncc(C#N)[nH]1. The minimum atomic E-state index is -0.518. The van der Waals surface area contributed by atoms with Crippen molar-refractivity contribution in [1.29, 1.82) is 5.26 Å². The van der Waals surface area contributed by atoms with E-state index >= 15 is 0 Å². The van der Waals surface area contributed by atoms with Crippen molar-refractivity contribution >= 4 is 22.9 Å². The molecule has 4 heterocycles. The fraction of sp³-hybridized carbons (Fsp3) is 0.522. The summed E-state index contributed by atoms with van der Waals surface area (Å²) < 4.78 is 7.48. The molecule has 172 valence electrons. The summed E-state index contributed by atoms with van der Waals surface area (Å²) in [4.78, 5) is 33.3. The van der Waals surface area contributed by atoms with Crippen molar-refractivity contribution < 1.29 is 9.53 Å². The average Bonchev–Trinajstić information content (AvgIpc) is 3.36. The number of nitrogens with zero attached hydrogens (tertiary/aromatic N) is 7. The molecule has 0 radical (unpaired) electrons. The van der Waals surface area contributed by atoms with E-state index in [1.807, 2.05) is 25.3 Å². The number of aromatic nitrogens is 5. The van der Waals surface area contributed by atoms with Crippen LogP contribution in [0.3, 0.4) is 0 Å². The van der Waals surface area contributed by atoms with Crippen molar-refractivity contribution in [3.63, 3.8) is 0 Å². The largest absolute Gasteiger partial charge is 0.444 e. The molecule has 1 aliphatic heterocycles. The van der Waals surface area contributed by atoms with Gasteiger partial charge in [-0.1, -0.05) is 0 Å². The lowest BCUT2D eigenvalue weighted by Crippen LogP contribution is -2.54. The van der Waals surface area contributed by atoms with Crippen molar-refractivity contribution in [1.82, 2.24) is 29.4 Å². The van der Waals surface area contributed by atoms with Gasteiger partial charge in [0.2, 0.25) is 5.95 Å². The first kappa shape index (κ1) is 21.2. The van der Waals surface area contributed by atoms with Crippen LogP contribution in [-0.2, 0) is 4.74 Å². The van der Waals surface area contributed by atoms with Gasteiger partial charge in [-0.15, -0.1) is 0 Å². The quantitative estimate of drug-likeness (QED) is 0.653. The van der Waals surface area contributed by atoms with Gasteiger partial charge in [0.15, 0.2) is 5.65 Å². The third-order valence-corrected chi connectivity index (χ3v) is 6.07. The summed E-state index contributed by atoms with van der Waals surface area (Å²) in [6.07, 6.45) is 7.16. The van der Waals surface area contributed by atoms with Gasteiger partial charge in [-0.2, -0.15) is 5.26 Å². The van der Waals surface area contributed by atoms with Gasteiger partial charge in [-0.05, 0) is 52.0 Å². The Kier molecular flexibility index (Phi) is 5.00. The zero-order valence-electron chi connectivity index (χ0n) is 19.4. The van der Waals surface area contributed by atoms with Gasteiger partial charge in [0.25, 0.3) is 0 Å². The number of rotatable bonds is 3. The van der Waals surface area contributed by atoms with E-state index in [9.17, 15) is 10.1 Å². The van der Waals surface area contributed by atoms with E-state index in [0.29, 0.717) is 37.2 Å². The molecule has 1 saturated heterocycles. The van der Waals surface area contributed by atoms with Crippen molar-refractivity contribution in [2.24, 2.45) is 0 Å². The van der Waals surface area contributed by atoms with E-state index in [0.717, 1.165) is 29.7 Å². The number of nitriles is 1. The number of piperazine rings is 1. The fourth-order valence-corrected chi connectivity index (χ4v) is 4.41. The van der Waals surface area contributed by atoms with E-state index in [4.69, 9.17) is 9.72 Å². The molecule has 2 aliphatic rings. The maximum Gasteiger partial charge on any atom is 0.410 e. The number of aromatic amines is 1. The normalized spacial score (nSPS) is 19.1. The zero-order chi connectivity index (χ0) is 23.3. The Balaban J connectivity index is 1.49. The third-order valence-electron chi connectivity index (χ3n) is 6.07. The minimum Gasteiger partial charge on any atom is -0.444 e. The van der Waals surface area contributed by atoms with E-state index in [1.54, 1.807) is 11.2 Å². The molecule has 3 aromatic rings. The van der Waals surface area contributed by atoms with Crippen LogP contribution < -0.4 is 4.90 Å². The number of H-pyrrole nitrogens is 1. The van der Waals surface area contributed by atoms with Crippen LogP contribution in [0.1, 0.15) is 57.7 Å². The number of anilines is 1. The second kappa shape index (κ2) is 7.76. The predicted octanol–water partition coefficient (Wildman–Crippen LogP) is 3.34. The Morgan fingerprint density at radius 2 is 2.03 bits per heavy atom. The van der Waals surface area contributed by atoms with Gasteiger partial charge >= 0.3 is 6.09 Å². The lowest BCUT2D eigenvalue weighted by atomic mass is 10.1. The van der Waals surface area contributed by atoms with Crippen molar-refractivity contribution in [3.05, 3.63) is 30.0 Å². The Morgan fingerprint density at radius 3 is 2.67 bits per heavy atom. The molecule has 1 aliphatic carbocycles. The Morgan fingerprint density at radius 1 is 1.24 bits per heavy atom. The Bertz CT molecular complexity index is 1240. The van der Waals surface area contributed by atoms with E-state index in [-0.39, 0.29) is 12.1 Å². The molecule has 0 bridgehead atoms. The smallest absolute Gasteiger partial charge is 0.410 e. The highest BCUT2D eigenvalue weighted by Crippen LogP contribution is 2.46. The summed E-state index contributed by atoms with van der Waals surface area (Å²) in [5.74, 6) is 1.92. The van der Waals surface area contributed by atoms with E-state index < -0.39 is 5.60 Å². The fourth-order valence-electron chi connectivity index (χ4n) is 4.41. The molecule has 3 aromatic heterocycles. The molecule has 5 rings (SSSR count). The van der Waals surface area contributed by atoms with Crippen molar-refractivity contribution in [2.75, 3.05) is 24.5 Å². The first-order valence-corrected chi connectivity index (χ1v) is 11.3. The molecule has 1 atom stereocenters. The zero-order valence-corrected chi connectivity index (χ0v) is 19.4. The van der Waals surface area contributed by atoms with Crippen LogP contribution in [0.4, 0.5) is 10.6 Å². The lowest BCUT2D eigenvalue weighted by Gasteiger charge is -2.41. The monoisotopic (exact) mass is 448 g/mol. The number of ether oxygens (including phenoxy) is 1. The van der Waals surface area contributed by atoms with Gasteiger partial charge < -0.3 is 19.5 Å². The molecular formula is C23H28N8O2. The number of nitrogens with one attached hydrogen (secondary N) is 1. The Labute approximate surface area is 192 Å². The molecule has 1 N–H and O–H groups in total. The highest BCUT2D eigenvalue weighted by Gasteiger charge is 2.35. The molecule has 33 heavy (non-hydrogen) atoms. The van der Waals surface area contributed by atoms with Crippen LogP contribution in [0.5, 0.6) is 0 Å². The van der Waals surface area contributed by atoms with Crippen molar-refractivity contribution in [2.45, 2.75) is 58.1 Å². The average molecular weight is 449 g/mol. The highest BCUT2D eigenvalue weighted by atomic mass is 16.6. The molecule has 0 unspecified atom stereocenters. The number of hydrogen-bond acceptors (Lipinski definition) is 7. The maximum atomic E-state index is 12.6. The first-order chi connectivity index (χ1) is 15.7. The lowest BCUT2D eigenvalue weighted by molar-refractivity contribution is 0.0218. The molecular weight excluding hydrogens is 420 g/mol. The molecule has 10 nitrogen and oxygen atoms in total. The Hall–Kier alpha value is -3.61. The summed E-state index contributed by atoms with van der Waals surface area (Å²) in [6.45, 7) is 9.52. The standard InChI is InChI=1S/C23H28N8O2/c1-14-11-29(22(32)33-23(2,3)4)7-8-30(14)19-18-17(15-5-6-15)12-31(20(18)27-13-26-19)21-25-10-16(9-24)28-21/h10,12-15H,5-8,11H2,1-4H3,(H,25,28)/t14-/m0/s1. The summed E-state index contributed by atoms with van der Waals surface area (Å²) in [5.41, 5.74) is 1.86. The minimum absolute atomic E-state index is 0.0635. The van der Waals surface area contributed by atoms with Crippen LogP contribution in [-0.4, -0.2) is 66.8 Å². The molecule has 2 fully saturated rings.